The number of carbonyl (C=O) groups excluding carboxylic acids is 1. The summed E-state index contributed by atoms with van der Waals surface area (Å²) in [7, 11) is 0. The number of rotatable bonds is 1. The molecule has 0 aromatic carbocycles. The monoisotopic (exact) mass is 322 g/mol. The molecule has 1 atom stereocenters. The van der Waals surface area contributed by atoms with Crippen LogP contribution in [0.3, 0.4) is 0 Å². The number of alkyl halides is 1. The molecule has 2 heterocycles. The number of anilines is 1. The van der Waals surface area contributed by atoms with Crippen molar-refractivity contribution >= 4 is 50.7 Å². The molecule has 1 unspecified atom stereocenters. The molecular weight excluding hydrogens is 315 g/mol. The highest BCUT2D eigenvalue weighted by Crippen LogP contribution is 2.35. The van der Waals surface area contributed by atoms with Gasteiger partial charge in [-0.05, 0) is 28.4 Å². The van der Waals surface area contributed by atoms with Gasteiger partial charge in [0.05, 0.1) is 11.1 Å². The second kappa shape index (κ2) is 4.51. The molecule has 1 aliphatic heterocycles. The van der Waals surface area contributed by atoms with Crippen LogP contribution >= 0.6 is 39.1 Å². The molecule has 86 valence electrons. The van der Waals surface area contributed by atoms with E-state index in [2.05, 4.69) is 20.9 Å². The minimum absolute atomic E-state index is 0.00935. The Bertz CT molecular complexity index is 453. The van der Waals surface area contributed by atoms with Gasteiger partial charge in [-0.15, -0.1) is 11.6 Å². The molecule has 1 aromatic heterocycles. The van der Waals surface area contributed by atoms with Crippen LogP contribution in [0.5, 0.6) is 0 Å². The lowest BCUT2D eigenvalue weighted by Crippen LogP contribution is -2.26. The van der Waals surface area contributed by atoms with Gasteiger partial charge in [0.15, 0.2) is 5.15 Å². The zero-order valence-electron chi connectivity index (χ0n) is 8.51. The van der Waals surface area contributed by atoms with E-state index in [9.17, 15) is 4.79 Å². The molecule has 1 aromatic rings. The Balaban J connectivity index is 2.48. The zero-order valence-corrected chi connectivity index (χ0v) is 11.6. The van der Waals surface area contributed by atoms with Crippen LogP contribution in [-0.2, 0) is 4.79 Å². The standard InChI is InChI=1S/C10H9BrCl2N2O/c1-5-7(11)3-14-10(13)9(5)15-4-6(12)2-8(15)16/h3,6H,2,4H2,1H3. The Kier molecular flexibility index (Phi) is 3.42. The lowest BCUT2D eigenvalue weighted by atomic mass is 10.2. The normalized spacial score (nSPS) is 20.6. The van der Waals surface area contributed by atoms with Crippen molar-refractivity contribution in [1.82, 2.24) is 4.98 Å². The van der Waals surface area contributed by atoms with E-state index in [1.54, 1.807) is 11.1 Å². The molecule has 3 nitrogen and oxygen atoms in total. The van der Waals surface area contributed by atoms with Crippen LogP contribution in [-0.4, -0.2) is 22.8 Å². The summed E-state index contributed by atoms with van der Waals surface area (Å²) in [6.07, 6.45) is 1.98. The maximum atomic E-state index is 11.7. The molecule has 0 radical (unpaired) electrons. The molecule has 16 heavy (non-hydrogen) atoms. The van der Waals surface area contributed by atoms with Gasteiger partial charge in [-0.2, -0.15) is 0 Å². The molecule has 0 bridgehead atoms. The van der Waals surface area contributed by atoms with E-state index in [0.29, 0.717) is 23.8 Å². The van der Waals surface area contributed by atoms with Crippen LogP contribution in [0.2, 0.25) is 5.15 Å². The van der Waals surface area contributed by atoms with E-state index in [1.165, 1.54) is 0 Å². The average Bonchev–Trinajstić information content (AvgIpc) is 2.53. The van der Waals surface area contributed by atoms with Crippen molar-refractivity contribution in [3.63, 3.8) is 0 Å². The summed E-state index contributed by atoms with van der Waals surface area (Å²) in [6.45, 7) is 2.38. The third kappa shape index (κ3) is 2.06. The molecule has 0 saturated carbocycles. The highest BCUT2D eigenvalue weighted by Gasteiger charge is 2.32. The van der Waals surface area contributed by atoms with Gasteiger partial charge in [-0.1, -0.05) is 11.6 Å². The molecule has 1 aliphatic rings. The lowest BCUT2D eigenvalue weighted by Gasteiger charge is -2.19. The van der Waals surface area contributed by atoms with Crippen LogP contribution in [0.1, 0.15) is 12.0 Å². The summed E-state index contributed by atoms with van der Waals surface area (Å²) < 4.78 is 0.831. The van der Waals surface area contributed by atoms with E-state index in [0.717, 1.165) is 10.0 Å². The van der Waals surface area contributed by atoms with E-state index in [-0.39, 0.29) is 11.3 Å². The minimum Gasteiger partial charge on any atom is -0.308 e. The number of halogens is 3. The molecule has 2 rings (SSSR count). The van der Waals surface area contributed by atoms with E-state index in [1.807, 2.05) is 6.92 Å². The van der Waals surface area contributed by atoms with Crippen molar-refractivity contribution in [3.05, 3.63) is 21.4 Å². The summed E-state index contributed by atoms with van der Waals surface area (Å²) in [6, 6.07) is 0. The largest absolute Gasteiger partial charge is 0.308 e. The second-order valence-electron chi connectivity index (χ2n) is 3.68. The highest BCUT2D eigenvalue weighted by molar-refractivity contribution is 9.10. The Morgan fingerprint density at radius 3 is 2.88 bits per heavy atom. The van der Waals surface area contributed by atoms with Gasteiger partial charge in [-0.3, -0.25) is 4.79 Å². The van der Waals surface area contributed by atoms with Crippen LogP contribution in [0.25, 0.3) is 0 Å². The van der Waals surface area contributed by atoms with Gasteiger partial charge in [-0.25, -0.2) is 4.98 Å². The molecular formula is C10H9BrCl2N2O. The molecule has 1 saturated heterocycles. The van der Waals surface area contributed by atoms with Crippen LogP contribution in [0.15, 0.2) is 10.7 Å². The van der Waals surface area contributed by atoms with Crippen molar-refractivity contribution < 1.29 is 4.79 Å². The Morgan fingerprint density at radius 1 is 1.62 bits per heavy atom. The number of hydrogen-bond acceptors (Lipinski definition) is 2. The fraction of sp³-hybridized carbons (Fsp3) is 0.400. The van der Waals surface area contributed by atoms with Gasteiger partial charge in [0.25, 0.3) is 0 Å². The fourth-order valence-corrected chi connectivity index (χ4v) is 2.59. The van der Waals surface area contributed by atoms with Crippen molar-refractivity contribution in [3.8, 4) is 0 Å². The number of hydrogen-bond donors (Lipinski definition) is 0. The first-order chi connectivity index (χ1) is 7.50. The fourth-order valence-electron chi connectivity index (χ4n) is 1.73. The highest BCUT2D eigenvalue weighted by atomic mass is 79.9. The quantitative estimate of drug-likeness (QED) is 0.587. The summed E-state index contributed by atoms with van der Waals surface area (Å²) in [5.74, 6) is -0.00935. The number of nitrogens with zero attached hydrogens (tertiary/aromatic N) is 2. The predicted molar refractivity (Wildman–Crippen MR) is 68.3 cm³/mol. The first-order valence-electron chi connectivity index (χ1n) is 4.75. The van der Waals surface area contributed by atoms with Gasteiger partial charge in [0, 0.05) is 23.6 Å². The summed E-state index contributed by atoms with van der Waals surface area (Å²) >= 11 is 15.4. The van der Waals surface area contributed by atoms with Crippen molar-refractivity contribution in [2.75, 3.05) is 11.4 Å². The van der Waals surface area contributed by atoms with Crippen LogP contribution in [0.4, 0.5) is 5.69 Å². The minimum atomic E-state index is -0.151. The average molecular weight is 324 g/mol. The molecule has 0 spiro atoms. The Hall–Kier alpha value is -0.320. The van der Waals surface area contributed by atoms with Crippen molar-refractivity contribution in [1.29, 1.82) is 0 Å². The maximum absolute atomic E-state index is 11.7. The van der Waals surface area contributed by atoms with Crippen LogP contribution in [0, 0.1) is 6.92 Å². The van der Waals surface area contributed by atoms with E-state index < -0.39 is 0 Å². The number of carbonyl (C=O) groups is 1. The maximum Gasteiger partial charge on any atom is 0.228 e. The summed E-state index contributed by atoms with van der Waals surface area (Å²) in [5, 5.41) is 0.182. The topological polar surface area (TPSA) is 33.2 Å². The molecule has 0 aliphatic carbocycles. The van der Waals surface area contributed by atoms with Gasteiger partial charge >= 0.3 is 0 Å². The van der Waals surface area contributed by atoms with E-state index >= 15 is 0 Å². The first kappa shape index (κ1) is 12.1. The lowest BCUT2D eigenvalue weighted by molar-refractivity contribution is -0.117. The molecule has 1 fully saturated rings. The Morgan fingerprint density at radius 2 is 2.31 bits per heavy atom. The Labute approximate surface area is 112 Å². The van der Waals surface area contributed by atoms with Crippen LogP contribution < -0.4 is 4.90 Å². The molecule has 1 amide bonds. The van der Waals surface area contributed by atoms with E-state index in [4.69, 9.17) is 23.2 Å². The second-order valence-corrected chi connectivity index (χ2v) is 5.51. The third-order valence-corrected chi connectivity index (χ3v) is 3.92. The van der Waals surface area contributed by atoms with Crippen molar-refractivity contribution in [2.45, 2.75) is 18.7 Å². The number of aromatic nitrogens is 1. The molecule has 0 N–H and O–H groups in total. The SMILES string of the molecule is Cc1c(Br)cnc(Cl)c1N1CC(Cl)CC1=O. The number of amides is 1. The van der Waals surface area contributed by atoms with Gasteiger partial charge in [0.2, 0.25) is 5.91 Å². The first-order valence-corrected chi connectivity index (χ1v) is 6.36. The van der Waals surface area contributed by atoms with Gasteiger partial charge in [0.1, 0.15) is 0 Å². The van der Waals surface area contributed by atoms with Crippen molar-refractivity contribution in [2.24, 2.45) is 0 Å². The number of pyridine rings is 1. The predicted octanol–water partition coefficient (Wildman–Crippen LogP) is 3.15. The smallest absolute Gasteiger partial charge is 0.228 e. The third-order valence-electron chi connectivity index (χ3n) is 2.55. The zero-order chi connectivity index (χ0) is 11.9. The molecule has 6 heteroatoms. The summed E-state index contributed by atoms with van der Waals surface area (Å²) in [5.41, 5.74) is 1.56. The van der Waals surface area contributed by atoms with Gasteiger partial charge < -0.3 is 4.90 Å². The summed E-state index contributed by atoms with van der Waals surface area (Å²) in [4.78, 5) is 17.4.